The summed E-state index contributed by atoms with van der Waals surface area (Å²) in [6, 6.07) is 1.66. The molecule has 29 heavy (non-hydrogen) atoms. The lowest BCUT2D eigenvalue weighted by Crippen LogP contribution is -2.47. The highest BCUT2D eigenvalue weighted by Gasteiger charge is 2.31. The molecule has 1 aromatic rings. The lowest BCUT2D eigenvalue weighted by atomic mass is 9.93. The lowest BCUT2D eigenvalue weighted by molar-refractivity contribution is -0.0615. The number of nitrogens with one attached hydrogen (secondary N) is 1. The number of hydrogen-bond donors (Lipinski definition) is 1. The van der Waals surface area contributed by atoms with Crippen LogP contribution in [0, 0.1) is 6.92 Å². The van der Waals surface area contributed by atoms with Gasteiger partial charge in [0.05, 0.1) is 5.60 Å². The molecular formula is C23H37N3O3. The Bertz CT molecular complexity index is 778. The molecule has 0 radical (unpaired) electrons. The highest BCUT2D eigenvalue weighted by atomic mass is 16.5. The quantitative estimate of drug-likeness (QED) is 0.793. The van der Waals surface area contributed by atoms with Gasteiger partial charge in [-0.05, 0) is 66.0 Å². The number of piperidine rings is 1. The van der Waals surface area contributed by atoms with Gasteiger partial charge in [-0.25, -0.2) is 0 Å². The SMILES string of the molecule is CCc1c(C(=O)N[C@@H]2CCOC(C)(C)C2)c(=O)cc(C)n1CCN1CCCCC1. The summed E-state index contributed by atoms with van der Waals surface area (Å²) in [6.45, 7) is 12.8. The predicted molar refractivity (Wildman–Crippen MR) is 116 cm³/mol. The van der Waals surface area contributed by atoms with E-state index in [1.54, 1.807) is 6.07 Å². The summed E-state index contributed by atoms with van der Waals surface area (Å²) >= 11 is 0. The molecule has 0 spiro atoms. The number of likely N-dealkylation sites (tertiary alicyclic amines) is 1. The first-order valence-electron chi connectivity index (χ1n) is 11.2. The molecule has 0 unspecified atom stereocenters. The van der Waals surface area contributed by atoms with Crippen LogP contribution in [0.15, 0.2) is 10.9 Å². The highest BCUT2D eigenvalue weighted by molar-refractivity contribution is 5.95. The number of carbonyl (C=O) groups excluding carboxylic acids is 1. The Hall–Kier alpha value is -1.66. The van der Waals surface area contributed by atoms with Gasteiger partial charge in [0.1, 0.15) is 5.56 Å². The van der Waals surface area contributed by atoms with Gasteiger partial charge >= 0.3 is 0 Å². The fourth-order valence-corrected chi connectivity index (χ4v) is 4.79. The van der Waals surface area contributed by atoms with Crippen molar-refractivity contribution in [2.45, 2.75) is 84.4 Å². The van der Waals surface area contributed by atoms with Gasteiger partial charge in [0, 0.05) is 43.2 Å². The number of hydrogen-bond acceptors (Lipinski definition) is 4. The average molecular weight is 404 g/mol. The molecule has 0 saturated carbocycles. The second-order valence-corrected chi connectivity index (χ2v) is 9.15. The molecule has 3 rings (SSSR count). The third kappa shape index (κ3) is 5.48. The number of nitrogens with zero attached hydrogens (tertiary/aromatic N) is 2. The third-order valence-electron chi connectivity index (χ3n) is 6.31. The fraction of sp³-hybridized carbons (Fsp3) is 0.739. The van der Waals surface area contributed by atoms with E-state index in [9.17, 15) is 9.59 Å². The number of rotatable bonds is 6. The molecule has 6 nitrogen and oxygen atoms in total. The Morgan fingerprint density at radius 1 is 1.24 bits per heavy atom. The molecule has 162 valence electrons. The molecule has 0 aromatic carbocycles. The molecule has 1 amide bonds. The Balaban J connectivity index is 1.79. The van der Waals surface area contributed by atoms with Gasteiger partial charge < -0.3 is 19.5 Å². The maximum absolute atomic E-state index is 13.1. The molecule has 2 aliphatic heterocycles. The Morgan fingerprint density at radius 2 is 1.97 bits per heavy atom. The Morgan fingerprint density at radius 3 is 2.62 bits per heavy atom. The topological polar surface area (TPSA) is 63.6 Å². The maximum atomic E-state index is 13.1. The maximum Gasteiger partial charge on any atom is 0.257 e. The van der Waals surface area contributed by atoms with Crippen molar-refractivity contribution in [1.29, 1.82) is 0 Å². The average Bonchev–Trinajstić information content (AvgIpc) is 2.66. The van der Waals surface area contributed by atoms with Gasteiger partial charge in [-0.3, -0.25) is 9.59 Å². The summed E-state index contributed by atoms with van der Waals surface area (Å²) in [7, 11) is 0. The molecule has 1 N–H and O–H groups in total. The summed E-state index contributed by atoms with van der Waals surface area (Å²) < 4.78 is 7.93. The summed E-state index contributed by atoms with van der Waals surface area (Å²) in [5, 5.41) is 3.12. The standard InChI is InChI=1S/C23H37N3O3/c1-5-19-21(22(28)24-18-9-14-29-23(3,4)16-18)20(27)15-17(2)26(19)13-12-25-10-7-6-8-11-25/h15,18H,5-14,16H2,1-4H3,(H,24,28)/t18-/m1/s1. The zero-order valence-electron chi connectivity index (χ0n) is 18.6. The van der Waals surface area contributed by atoms with Crippen LogP contribution >= 0.6 is 0 Å². The van der Waals surface area contributed by atoms with Crippen LogP contribution in [-0.2, 0) is 17.7 Å². The Kier molecular flexibility index (Phi) is 7.17. The number of aryl methyl sites for hydroxylation is 1. The van der Waals surface area contributed by atoms with E-state index in [2.05, 4.69) is 14.8 Å². The van der Waals surface area contributed by atoms with Gasteiger partial charge in [0.25, 0.3) is 5.91 Å². The second-order valence-electron chi connectivity index (χ2n) is 9.15. The van der Waals surface area contributed by atoms with Gasteiger partial charge in [-0.1, -0.05) is 13.3 Å². The largest absolute Gasteiger partial charge is 0.375 e. The van der Waals surface area contributed by atoms with Crippen molar-refractivity contribution in [2.24, 2.45) is 0 Å². The first kappa shape index (κ1) is 22.0. The minimum atomic E-state index is -0.244. The highest BCUT2D eigenvalue weighted by Crippen LogP contribution is 2.24. The van der Waals surface area contributed by atoms with E-state index in [0.717, 1.165) is 50.4 Å². The molecule has 0 aliphatic carbocycles. The summed E-state index contributed by atoms with van der Waals surface area (Å²) in [5.41, 5.74) is 1.70. The van der Waals surface area contributed by atoms with E-state index >= 15 is 0 Å². The minimum absolute atomic E-state index is 0.0402. The number of aromatic nitrogens is 1. The molecule has 2 fully saturated rings. The van der Waals surface area contributed by atoms with Crippen LogP contribution in [-0.4, -0.2) is 53.3 Å². The van der Waals surface area contributed by atoms with E-state index in [1.807, 2.05) is 27.7 Å². The van der Waals surface area contributed by atoms with Gasteiger partial charge in [0.15, 0.2) is 5.43 Å². The van der Waals surface area contributed by atoms with Crippen LogP contribution in [0.4, 0.5) is 0 Å². The monoisotopic (exact) mass is 403 g/mol. The van der Waals surface area contributed by atoms with Crippen LogP contribution in [0.2, 0.25) is 0 Å². The van der Waals surface area contributed by atoms with Crippen LogP contribution in [0.1, 0.15) is 74.6 Å². The van der Waals surface area contributed by atoms with Crippen LogP contribution in [0.25, 0.3) is 0 Å². The number of pyridine rings is 1. The smallest absolute Gasteiger partial charge is 0.257 e. The first-order chi connectivity index (χ1) is 13.8. The predicted octanol–water partition coefficient (Wildman–Crippen LogP) is 2.89. The van der Waals surface area contributed by atoms with Crippen LogP contribution in [0.3, 0.4) is 0 Å². The van der Waals surface area contributed by atoms with Crippen molar-refractivity contribution in [3.63, 3.8) is 0 Å². The number of carbonyl (C=O) groups is 1. The van der Waals surface area contributed by atoms with Crippen molar-refractivity contribution < 1.29 is 9.53 Å². The Labute approximate surface area is 174 Å². The van der Waals surface area contributed by atoms with Crippen molar-refractivity contribution in [3.8, 4) is 0 Å². The van der Waals surface area contributed by atoms with E-state index in [0.29, 0.717) is 18.6 Å². The van der Waals surface area contributed by atoms with Gasteiger partial charge in [-0.15, -0.1) is 0 Å². The first-order valence-corrected chi connectivity index (χ1v) is 11.2. The number of ether oxygens (including phenoxy) is 1. The van der Waals surface area contributed by atoms with Crippen LogP contribution < -0.4 is 10.7 Å². The molecule has 3 heterocycles. The van der Waals surface area contributed by atoms with E-state index in [4.69, 9.17) is 4.74 Å². The van der Waals surface area contributed by atoms with E-state index in [1.165, 1.54) is 19.3 Å². The molecule has 2 aliphatic rings. The van der Waals surface area contributed by atoms with Gasteiger partial charge in [-0.2, -0.15) is 0 Å². The molecule has 1 aromatic heterocycles. The third-order valence-corrected chi connectivity index (χ3v) is 6.31. The molecule has 1 atom stereocenters. The van der Waals surface area contributed by atoms with Crippen molar-refractivity contribution in [1.82, 2.24) is 14.8 Å². The minimum Gasteiger partial charge on any atom is -0.375 e. The lowest BCUT2D eigenvalue weighted by Gasteiger charge is -2.36. The molecular weight excluding hydrogens is 366 g/mol. The van der Waals surface area contributed by atoms with Crippen LogP contribution in [0.5, 0.6) is 0 Å². The second kappa shape index (κ2) is 9.43. The molecule has 6 heteroatoms. The van der Waals surface area contributed by atoms with Crippen molar-refractivity contribution >= 4 is 5.91 Å². The summed E-state index contributed by atoms with van der Waals surface area (Å²) in [4.78, 5) is 28.4. The zero-order valence-corrected chi connectivity index (χ0v) is 18.6. The van der Waals surface area contributed by atoms with Crippen molar-refractivity contribution in [3.05, 3.63) is 33.2 Å². The van der Waals surface area contributed by atoms with Gasteiger partial charge in [0.2, 0.25) is 0 Å². The molecule has 0 bridgehead atoms. The zero-order chi connectivity index (χ0) is 21.0. The van der Waals surface area contributed by atoms with Crippen molar-refractivity contribution in [2.75, 3.05) is 26.2 Å². The molecule has 2 saturated heterocycles. The fourth-order valence-electron chi connectivity index (χ4n) is 4.79. The summed E-state index contributed by atoms with van der Waals surface area (Å²) in [5.74, 6) is -0.235. The number of amides is 1. The van der Waals surface area contributed by atoms with E-state index < -0.39 is 0 Å². The van der Waals surface area contributed by atoms with E-state index in [-0.39, 0.29) is 23.0 Å². The summed E-state index contributed by atoms with van der Waals surface area (Å²) in [6.07, 6.45) is 6.05. The normalized spacial score (nSPS) is 22.4.